The molecule has 1 aromatic carbocycles. The fourth-order valence-electron chi connectivity index (χ4n) is 2.46. The van der Waals surface area contributed by atoms with Crippen molar-refractivity contribution in [3.8, 4) is 11.5 Å². The second kappa shape index (κ2) is 10.4. The Kier molecular flexibility index (Phi) is 8.21. The number of ether oxygens (including phenoxy) is 3. The van der Waals surface area contributed by atoms with Crippen molar-refractivity contribution >= 4 is 17.7 Å². The van der Waals surface area contributed by atoms with E-state index in [0.717, 1.165) is 44.2 Å². The monoisotopic (exact) mass is 354 g/mol. The van der Waals surface area contributed by atoms with Crippen molar-refractivity contribution in [3.05, 3.63) is 18.2 Å². The Labute approximate surface area is 147 Å². The number of benzene rings is 1. The summed E-state index contributed by atoms with van der Waals surface area (Å²) in [7, 11) is 3.21. The summed E-state index contributed by atoms with van der Waals surface area (Å²) in [5.74, 6) is 1.81. The third kappa shape index (κ3) is 6.22. The number of amides is 1. The van der Waals surface area contributed by atoms with E-state index < -0.39 is 0 Å². The van der Waals surface area contributed by atoms with E-state index in [4.69, 9.17) is 14.2 Å². The number of hydrogen-bond donors (Lipinski definition) is 1. The van der Waals surface area contributed by atoms with Gasteiger partial charge in [-0.3, -0.25) is 9.69 Å². The van der Waals surface area contributed by atoms with Crippen LogP contribution >= 0.6 is 11.8 Å². The lowest BCUT2D eigenvalue weighted by Crippen LogP contribution is -2.38. The third-order valence-electron chi connectivity index (χ3n) is 3.80. The van der Waals surface area contributed by atoms with Crippen LogP contribution in [0.25, 0.3) is 0 Å². The number of hydrogen-bond acceptors (Lipinski definition) is 6. The SMILES string of the molecule is COc1ccc(SCC(=O)NCCCN2CCOCC2)cc1OC. The molecule has 1 aromatic rings. The normalized spacial score (nSPS) is 15.1. The van der Waals surface area contributed by atoms with Crippen LogP contribution < -0.4 is 14.8 Å². The molecule has 0 saturated carbocycles. The molecule has 0 atom stereocenters. The molecular weight excluding hydrogens is 328 g/mol. The van der Waals surface area contributed by atoms with Crippen molar-refractivity contribution in [2.45, 2.75) is 11.3 Å². The van der Waals surface area contributed by atoms with Crippen LogP contribution in [0.1, 0.15) is 6.42 Å². The minimum atomic E-state index is 0.0526. The molecule has 1 N–H and O–H groups in total. The van der Waals surface area contributed by atoms with Gasteiger partial charge in [-0.1, -0.05) is 0 Å². The van der Waals surface area contributed by atoms with Gasteiger partial charge in [0.2, 0.25) is 5.91 Å². The van der Waals surface area contributed by atoms with Gasteiger partial charge in [0.25, 0.3) is 0 Å². The predicted molar refractivity (Wildman–Crippen MR) is 95.2 cm³/mol. The Morgan fingerprint density at radius 2 is 2.00 bits per heavy atom. The first kappa shape index (κ1) is 18.9. The van der Waals surface area contributed by atoms with Gasteiger partial charge in [0.05, 0.1) is 33.2 Å². The zero-order chi connectivity index (χ0) is 17.2. The second-order valence-electron chi connectivity index (χ2n) is 5.46. The number of morpholine rings is 1. The summed E-state index contributed by atoms with van der Waals surface area (Å²) in [6.45, 7) is 5.32. The molecule has 6 nitrogen and oxygen atoms in total. The quantitative estimate of drug-likeness (QED) is 0.537. The molecule has 1 saturated heterocycles. The third-order valence-corrected chi connectivity index (χ3v) is 4.80. The van der Waals surface area contributed by atoms with Crippen molar-refractivity contribution in [3.63, 3.8) is 0 Å². The molecule has 1 aliphatic rings. The van der Waals surface area contributed by atoms with Gasteiger partial charge in [0.15, 0.2) is 11.5 Å². The zero-order valence-electron chi connectivity index (χ0n) is 14.4. The maximum absolute atomic E-state index is 11.9. The highest BCUT2D eigenvalue weighted by atomic mass is 32.2. The highest BCUT2D eigenvalue weighted by Crippen LogP contribution is 2.31. The topological polar surface area (TPSA) is 60.0 Å². The van der Waals surface area contributed by atoms with Crippen molar-refractivity contribution < 1.29 is 19.0 Å². The Hall–Kier alpha value is -1.44. The first-order valence-corrected chi connectivity index (χ1v) is 9.13. The average Bonchev–Trinajstić information content (AvgIpc) is 2.64. The van der Waals surface area contributed by atoms with Crippen LogP contribution in [0.15, 0.2) is 23.1 Å². The molecule has 24 heavy (non-hydrogen) atoms. The second-order valence-corrected chi connectivity index (χ2v) is 6.51. The van der Waals surface area contributed by atoms with Crippen molar-refractivity contribution in [1.29, 1.82) is 0 Å². The molecule has 1 amide bonds. The van der Waals surface area contributed by atoms with E-state index in [9.17, 15) is 4.79 Å². The van der Waals surface area contributed by atoms with E-state index in [0.29, 0.717) is 23.8 Å². The van der Waals surface area contributed by atoms with Crippen molar-refractivity contribution in [2.24, 2.45) is 0 Å². The number of carbonyl (C=O) groups is 1. The first-order chi connectivity index (χ1) is 11.7. The largest absolute Gasteiger partial charge is 0.493 e. The van der Waals surface area contributed by atoms with E-state index in [1.807, 2.05) is 18.2 Å². The molecule has 0 spiro atoms. The van der Waals surface area contributed by atoms with Crippen molar-refractivity contribution in [2.75, 3.05) is 59.4 Å². The minimum Gasteiger partial charge on any atom is -0.493 e. The smallest absolute Gasteiger partial charge is 0.230 e. The Bertz CT molecular complexity index is 521. The molecular formula is C17H26N2O4S. The Balaban J connectivity index is 1.63. The summed E-state index contributed by atoms with van der Waals surface area (Å²) in [6.07, 6.45) is 0.965. The number of thioether (sulfide) groups is 1. The van der Waals surface area contributed by atoms with Gasteiger partial charge in [0.1, 0.15) is 0 Å². The van der Waals surface area contributed by atoms with Gasteiger partial charge in [0, 0.05) is 24.5 Å². The van der Waals surface area contributed by atoms with Gasteiger partial charge in [-0.15, -0.1) is 11.8 Å². The predicted octanol–water partition coefficient (Wildman–Crippen LogP) is 1.63. The van der Waals surface area contributed by atoms with E-state index in [1.165, 1.54) is 11.8 Å². The Morgan fingerprint density at radius 3 is 2.71 bits per heavy atom. The van der Waals surface area contributed by atoms with Gasteiger partial charge in [-0.25, -0.2) is 0 Å². The molecule has 1 heterocycles. The zero-order valence-corrected chi connectivity index (χ0v) is 15.2. The first-order valence-electron chi connectivity index (χ1n) is 8.14. The van der Waals surface area contributed by atoms with Crippen LogP contribution in [-0.2, 0) is 9.53 Å². The average molecular weight is 354 g/mol. The van der Waals surface area contributed by atoms with Crippen LogP contribution in [0, 0.1) is 0 Å². The lowest BCUT2D eigenvalue weighted by molar-refractivity contribution is -0.118. The molecule has 0 radical (unpaired) electrons. The van der Waals surface area contributed by atoms with Gasteiger partial charge < -0.3 is 19.5 Å². The maximum atomic E-state index is 11.9. The number of nitrogens with zero attached hydrogens (tertiary/aromatic N) is 1. The summed E-state index contributed by atoms with van der Waals surface area (Å²) >= 11 is 1.49. The van der Waals surface area contributed by atoms with Gasteiger partial charge in [-0.2, -0.15) is 0 Å². The fraction of sp³-hybridized carbons (Fsp3) is 0.588. The molecule has 7 heteroatoms. The standard InChI is InChI=1S/C17H26N2O4S/c1-21-15-5-4-14(12-16(15)22-2)24-13-17(20)18-6-3-7-19-8-10-23-11-9-19/h4-5,12H,3,6-11,13H2,1-2H3,(H,18,20). The fourth-order valence-corrected chi connectivity index (χ4v) is 3.22. The van der Waals surface area contributed by atoms with E-state index in [-0.39, 0.29) is 5.91 Å². The van der Waals surface area contributed by atoms with Crippen LogP contribution in [0.2, 0.25) is 0 Å². The summed E-state index contributed by atoms with van der Waals surface area (Å²) in [4.78, 5) is 15.3. The molecule has 0 bridgehead atoms. The van der Waals surface area contributed by atoms with E-state index in [1.54, 1.807) is 14.2 Å². The van der Waals surface area contributed by atoms with E-state index in [2.05, 4.69) is 10.2 Å². The summed E-state index contributed by atoms with van der Waals surface area (Å²) in [5, 5.41) is 2.97. The number of methoxy groups -OCH3 is 2. The molecule has 0 unspecified atom stereocenters. The van der Waals surface area contributed by atoms with Gasteiger partial charge in [-0.05, 0) is 31.2 Å². The van der Waals surface area contributed by atoms with Crippen LogP contribution in [0.3, 0.4) is 0 Å². The molecule has 2 rings (SSSR count). The number of nitrogens with one attached hydrogen (secondary N) is 1. The molecule has 0 aliphatic carbocycles. The lowest BCUT2D eigenvalue weighted by atomic mass is 10.3. The number of carbonyl (C=O) groups excluding carboxylic acids is 1. The summed E-state index contributed by atoms with van der Waals surface area (Å²) < 4.78 is 15.8. The van der Waals surface area contributed by atoms with Crippen molar-refractivity contribution in [1.82, 2.24) is 10.2 Å². The van der Waals surface area contributed by atoms with Crippen LogP contribution in [0.5, 0.6) is 11.5 Å². The molecule has 1 fully saturated rings. The van der Waals surface area contributed by atoms with E-state index >= 15 is 0 Å². The van der Waals surface area contributed by atoms with Gasteiger partial charge >= 0.3 is 0 Å². The highest BCUT2D eigenvalue weighted by molar-refractivity contribution is 8.00. The molecule has 134 valence electrons. The molecule has 0 aromatic heterocycles. The minimum absolute atomic E-state index is 0.0526. The van der Waals surface area contributed by atoms with Crippen LogP contribution in [-0.4, -0.2) is 70.2 Å². The summed E-state index contributed by atoms with van der Waals surface area (Å²) in [5.41, 5.74) is 0. The lowest BCUT2D eigenvalue weighted by Gasteiger charge is -2.26. The summed E-state index contributed by atoms with van der Waals surface area (Å²) in [6, 6.07) is 5.66. The Morgan fingerprint density at radius 1 is 1.25 bits per heavy atom. The maximum Gasteiger partial charge on any atom is 0.230 e. The molecule has 1 aliphatic heterocycles. The van der Waals surface area contributed by atoms with Crippen LogP contribution in [0.4, 0.5) is 0 Å². The highest BCUT2D eigenvalue weighted by Gasteiger charge is 2.10. The number of rotatable bonds is 9.